The summed E-state index contributed by atoms with van der Waals surface area (Å²) in [6.07, 6.45) is 2.04. The van der Waals surface area contributed by atoms with E-state index in [9.17, 15) is 0 Å². The summed E-state index contributed by atoms with van der Waals surface area (Å²) in [7, 11) is 1.73. The molecule has 0 aliphatic carbocycles. The third-order valence-corrected chi connectivity index (χ3v) is 2.36. The average molecular weight is 187 g/mol. The van der Waals surface area contributed by atoms with E-state index in [4.69, 9.17) is 9.47 Å². The zero-order valence-corrected chi connectivity index (χ0v) is 9.14. The molecule has 1 rings (SSSR count). The highest BCUT2D eigenvalue weighted by Gasteiger charge is 2.39. The molecule has 1 saturated heterocycles. The number of methoxy groups -OCH3 is 1. The first-order chi connectivity index (χ1) is 5.97. The van der Waals surface area contributed by atoms with E-state index in [1.807, 2.05) is 0 Å². The second kappa shape index (κ2) is 3.95. The Labute approximate surface area is 80.8 Å². The van der Waals surface area contributed by atoms with Crippen LogP contribution in [0.2, 0.25) is 0 Å². The minimum Gasteiger partial charge on any atom is -0.385 e. The van der Waals surface area contributed by atoms with Gasteiger partial charge in [-0.15, -0.1) is 0 Å². The Morgan fingerprint density at radius 1 is 1.38 bits per heavy atom. The van der Waals surface area contributed by atoms with Gasteiger partial charge in [-0.3, -0.25) is 5.32 Å². The molecule has 13 heavy (non-hydrogen) atoms. The number of rotatable bonds is 4. The molecule has 0 saturated carbocycles. The van der Waals surface area contributed by atoms with Gasteiger partial charge in [-0.25, -0.2) is 0 Å². The normalized spacial score (nSPS) is 32.3. The van der Waals surface area contributed by atoms with E-state index in [0.29, 0.717) is 0 Å². The van der Waals surface area contributed by atoms with Gasteiger partial charge in [-0.05, 0) is 33.6 Å². The lowest BCUT2D eigenvalue weighted by Crippen LogP contribution is -2.46. The van der Waals surface area contributed by atoms with Gasteiger partial charge in [0.2, 0.25) is 0 Å². The Kier molecular flexibility index (Phi) is 3.33. The first kappa shape index (κ1) is 11.0. The molecule has 0 radical (unpaired) electrons. The van der Waals surface area contributed by atoms with E-state index in [1.54, 1.807) is 7.11 Å². The van der Waals surface area contributed by atoms with Crippen molar-refractivity contribution < 1.29 is 9.47 Å². The predicted molar refractivity (Wildman–Crippen MR) is 52.7 cm³/mol. The Morgan fingerprint density at radius 3 is 2.54 bits per heavy atom. The maximum Gasteiger partial charge on any atom is 0.117 e. The molecule has 1 fully saturated rings. The smallest absolute Gasteiger partial charge is 0.117 e. The van der Waals surface area contributed by atoms with Crippen molar-refractivity contribution in [3.05, 3.63) is 0 Å². The molecule has 1 aliphatic rings. The number of ether oxygens (including phenoxy) is 2. The molecule has 0 spiro atoms. The fourth-order valence-electron chi connectivity index (χ4n) is 1.82. The SMILES string of the molecule is COCCCC1(C)NC(C)(C)CO1. The third kappa shape index (κ3) is 3.25. The quantitative estimate of drug-likeness (QED) is 0.677. The Morgan fingerprint density at radius 2 is 2.08 bits per heavy atom. The molecule has 0 aromatic rings. The Hall–Kier alpha value is -0.120. The summed E-state index contributed by atoms with van der Waals surface area (Å²) in [6, 6.07) is 0. The molecule has 1 N–H and O–H groups in total. The van der Waals surface area contributed by atoms with Gasteiger partial charge in [0.1, 0.15) is 5.72 Å². The van der Waals surface area contributed by atoms with Crippen molar-refractivity contribution in [2.75, 3.05) is 20.3 Å². The molecule has 1 atom stereocenters. The van der Waals surface area contributed by atoms with Gasteiger partial charge in [-0.2, -0.15) is 0 Å². The highest BCUT2D eigenvalue weighted by molar-refractivity contribution is 4.91. The van der Waals surface area contributed by atoms with Crippen LogP contribution >= 0.6 is 0 Å². The molecular formula is C10H21NO2. The minimum absolute atomic E-state index is 0.113. The van der Waals surface area contributed by atoms with E-state index in [0.717, 1.165) is 26.1 Å². The number of nitrogens with one attached hydrogen (secondary N) is 1. The van der Waals surface area contributed by atoms with Crippen molar-refractivity contribution in [1.82, 2.24) is 5.32 Å². The highest BCUT2D eigenvalue weighted by atomic mass is 16.5. The van der Waals surface area contributed by atoms with E-state index < -0.39 is 0 Å². The lowest BCUT2D eigenvalue weighted by molar-refractivity contribution is -0.00678. The van der Waals surface area contributed by atoms with E-state index in [-0.39, 0.29) is 11.3 Å². The van der Waals surface area contributed by atoms with Crippen molar-refractivity contribution in [1.29, 1.82) is 0 Å². The van der Waals surface area contributed by atoms with Crippen LogP contribution in [-0.4, -0.2) is 31.6 Å². The maximum atomic E-state index is 5.74. The molecule has 1 unspecified atom stereocenters. The monoisotopic (exact) mass is 187 g/mol. The molecule has 0 bridgehead atoms. The summed E-state index contributed by atoms with van der Waals surface area (Å²) in [5.74, 6) is 0. The Balaban J connectivity index is 2.32. The Bertz CT molecular complexity index is 170. The van der Waals surface area contributed by atoms with Crippen LogP contribution in [0.4, 0.5) is 0 Å². The van der Waals surface area contributed by atoms with Crippen molar-refractivity contribution in [2.24, 2.45) is 0 Å². The summed E-state index contributed by atoms with van der Waals surface area (Å²) >= 11 is 0. The lowest BCUT2D eigenvalue weighted by atomic mass is 10.1. The van der Waals surface area contributed by atoms with Crippen LogP contribution in [0.25, 0.3) is 0 Å². The van der Waals surface area contributed by atoms with Crippen molar-refractivity contribution >= 4 is 0 Å². The summed E-state index contributed by atoms with van der Waals surface area (Å²) < 4.78 is 10.8. The minimum atomic E-state index is -0.151. The van der Waals surface area contributed by atoms with Gasteiger partial charge in [0.05, 0.1) is 6.61 Å². The van der Waals surface area contributed by atoms with Crippen molar-refractivity contribution in [3.63, 3.8) is 0 Å². The molecule has 3 heteroatoms. The van der Waals surface area contributed by atoms with Crippen LogP contribution in [0.3, 0.4) is 0 Å². The van der Waals surface area contributed by atoms with Gasteiger partial charge in [0.15, 0.2) is 0 Å². The molecule has 3 nitrogen and oxygen atoms in total. The maximum absolute atomic E-state index is 5.74. The largest absolute Gasteiger partial charge is 0.385 e. The molecular weight excluding hydrogens is 166 g/mol. The van der Waals surface area contributed by atoms with E-state index in [2.05, 4.69) is 26.1 Å². The number of hydrogen-bond donors (Lipinski definition) is 1. The van der Waals surface area contributed by atoms with Gasteiger partial charge in [0, 0.05) is 19.3 Å². The van der Waals surface area contributed by atoms with Crippen LogP contribution in [0, 0.1) is 0 Å². The summed E-state index contributed by atoms with van der Waals surface area (Å²) in [5, 5.41) is 3.49. The van der Waals surface area contributed by atoms with E-state index >= 15 is 0 Å². The molecule has 78 valence electrons. The van der Waals surface area contributed by atoms with Gasteiger partial charge < -0.3 is 9.47 Å². The molecule has 1 heterocycles. The first-order valence-electron chi connectivity index (χ1n) is 4.90. The zero-order chi connectivity index (χ0) is 9.95. The first-order valence-corrected chi connectivity index (χ1v) is 4.90. The zero-order valence-electron chi connectivity index (χ0n) is 9.14. The van der Waals surface area contributed by atoms with E-state index in [1.165, 1.54) is 0 Å². The van der Waals surface area contributed by atoms with Crippen LogP contribution in [0.5, 0.6) is 0 Å². The molecule has 0 aromatic carbocycles. The van der Waals surface area contributed by atoms with Gasteiger partial charge in [-0.1, -0.05) is 0 Å². The molecule has 0 aromatic heterocycles. The number of hydrogen-bond acceptors (Lipinski definition) is 3. The summed E-state index contributed by atoms with van der Waals surface area (Å²) in [6.45, 7) is 8.03. The summed E-state index contributed by atoms with van der Waals surface area (Å²) in [4.78, 5) is 0. The van der Waals surface area contributed by atoms with Gasteiger partial charge >= 0.3 is 0 Å². The second-order valence-electron chi connectivity index (χ2n) is 4.62. The van der Waals surface area contributed by atoms with Crippen molar-refractivity contribution in [3.8, 4) is 0 Å². The van der Waals surface area contributed by atoms with Crippen LogP contribution in [0.1, 0.15) is 33.6 Å². The van der Waals surface area contributed by atoms with Crippen LogP contribution in [-0.2, 0) is 9.47 Å². The topological polar surface area (TPSA) is 30.5 Å². The molecule has 1 aliphatic heterocycles. The summed E-state index contributed by atoms with van der Waals surface area (Å²) in [5.41, 5.74) is -0.0378. The average Bonchev–Trinajstić information content (AvgIpc) is 2.27. The lowest BCUT2D eigenvalue weighted by Gasteiger charge is -2.26. The van der Waals surface area contributed by atoms with Crippen LogP contribution in [0.15, 0.2) is 0 Å². The van der Waals surface area contributed by atoms with Gasteiger partial charge in [0.25, 0.3) is 0 Å². The highest BCUT2D eigenvalue weighted by Crippen LogP contribution is 2.26. The molecule has 0 amide bonds. The predicted octanol–water partition coefficient (Wildman–Crippen LogP) is 1.53. The fraction of sp³-hybridized carbons (Fsp3) is 1.00. The standard InChI is InChI=1S/C10H21NO2/c1-9(2)8-13-10(3,11-9)6-5-7-12-4/h11H,5-8H2,1-4H3. The second-order valence-corrected chi connectivity index (χ2v) is 4.62. The van der Waals surface area contributed by atoms with Crippen molar-refractivity contribution in [2.45, 2.75) is 44.9 Å². The third-order valence-electron chi connectivity index (χ3n) is 2.36. The fourth-order valence-corrected chi connectivity index (χ4v) is 1.82. The van der Waals surface area contributed by atoms with Crippen LogP contribution < -0.4 is 5.32 Å².